The predicted molar refractivity (Wildman–Crippen MR) is 148 cm³/mol. The minimum absolute atomic E-state index is 0.108. The number of hydrogen-bond acceptors (Lipinski definition) is 9. The molecular formula is C32H36O9. The molecule has 3 aromatic rings. The monoisotopic (exact) mass is 564 g/mol. The smallest absolute Gasteiger partial charge is 0.331 e. The van der Waals surface area contributed by atoms with Crippen LogP contribution >= 0.6 is 0 Å². The van der Waals surface area contributed by atoms with Crippen LogP contribution in [0.3, 0.4) is 0 Å². The Kier molecular flexibility index (Phi) is 11.8. The predicted octanol–water partition coefficient (Wildman–Crippen LogP) is 4.22. The molecule has 0 saturated carbocycles. The fourth-order valence-electron chi connectivity index (χ4n) is 4.42. The summed E-state index contributed by atoms with van der Waals surface area (Å²) in [5, 5.41) is 0. The van der Waals surface area contributed by atoms with Crippen molar-refractivity contribution in [3.05, 3.63) is 108 Å². The topological polar surface area (TPSA) is 98.8 Å². The molecule has 9 nitrogen and oxygen atoms in total. The van der Waals surface area contributed by atoms with Gasteiger partial charge in [-0.3, -0.25) is 4.79 Å². The summed E-state index contributed by atoms with van der Waals surface area (Å²) in [6.07, 6.45) is -4.06. The molecule has 1 heterocycles. The van der Waals surface area contributed by atoms with Crippen LogP contribution in [-0.4, -0.2) is 63.0 Å². The maximum absolute atomic E-state index is 12.0. The second kappa shape index (κ2) is 16.0. The molecule has 0 aromatic heterocycles. The Balaban J connectivity index is 1.65. The lowest BCUT2D eigenvalue weighted by molar-refractivity contribution is -0.326. The highest BCUT2D eigenvalue weighted by Crippen LogP contribution is 2.31. The normalized spacial score (nSPS) is 22.1. The average molecular weight is 565 g/mol. The van der Waals surface area contributed by atoms with Gasteiger partial charge < -0.3 is 33.2 Å². The first-order valence-corrected chi connectivity index (χ1v) is 13.5. The van der Waals surface area contributed by atoms with Crippen molar-refractivity contribution in [3.8, 4) is 0 Å². The summed E-state index contributed by atoms with van der Waals surface area (Å²) in [6, 6.07) is 29.1. The molecule has 9 heteroatoms. The van der Waals surface area contributed by atoms with Gasteiger partial charge in [-0.15, -0.1) is 0 Å². The van der Waals surface area contributed by atoms with Crippen molar-refractivity contribution in [1.82, 2.24) is 0 Å². The highest BCUT2D eigenvalue weighted by atomic mass is 16.7. The molecule has 1 aliphatic rings. The number of ether oxygens (including phenoxy) is 7. The van der Waals surface area contributed by atoms with Gasteiger partial charge in [0.15, 0.2) is 6.29 Å². The molecule has 0 N–H and O–H groups in total. The Morgan fingerprint density at radius 1 is 0.659 bits per heavy atom. The first-order valence-electron chi connectivity index (χ1n) is 13.5. The molecule has 2 unspecified atom stereocenters. The molecule has 0 radical (unpaired) electrons. The summed E-state index contributed by atoms with van der Waals surface area (Å²) in [6.45, 7) is 1.60. The number of methoxy groups -OCH3 is 1. The van der Waals surface area contributed by atoms with Gasteiger partial charge in [-0.05, 0) is 16.7 Å². The molecule has 0 aliphatic carbocycles. The summed E-state index contributed by atoms with van der Waals surface area (Å²) in [7, 11) is 1.28. The number of carbonyl (C=O) groups is 2. The minimum atomic E-state index is -1.05. The summed E-state index contributed by atoms with van der Waals surface area (Å²) >= 11 is 0. The Hall–Kier alpha value is -3.60. The lowest BCUT2D eigenvalue weighted by Crippen LogP contribution is -2.62. The van der Waals surface area contributed by atoms with Gasteiger partial charge in [-0.25, -0.2) is 4.79 Å². The summed E-state index contributed by atoms with van der Waals surface area (Å²) in [5.41, 5.74) is 2.84. The third-order valence-electron chi connectivity index (χ3n) is 6.49. The fraction of sp³-hybridized carbons (Fsp3) is 0.375. The zero-order valence-corrected chi connectivity index (χ0v) is 23.3. The van der Waals surface area contributed by atoms with Crippen molar-refractivity contribution in [2.45, 2.75) is 57.5 Å². The van der Waals surface area contributed by atoms with Gasteiger partial charge in [0.1, 0.15) is 37.6 Å². The van der Waals surface area contributed by atoms with Crippen molar-refractivity contribution >= 4 is 11.9 Å². The SMILES string of the molecule is COC(=O)CO[C@@H]1OC(COC(C)=O)[C@@H](OCc2ccccc2)[C@H](OCc2ccccc2)C1OCc1ccccc1. The van der Waals surface area contributed by atoms with E-state index in [0.717, 1.165) is 16.7 Å². The molecule has 1 aliphatic heterocycles. The van der Waals surface area contributed by atoms with Crippen molar-refractivity contribution in [1.29, 1.82) is 0 Å². The second-order valence-corrected chi connectivity index (χ2v) is 9.52. The number of carbonyl (C=O) groups excluding carboxylic acids is 2. The van der Waals surface area contributed by atoms with E-state index in [1.165, 1.54) is 14.0 Å². The molecule has 41 heavy (non-hydrogen) atoms. The zero-order valence-electron chi connectivity index (χ0n) is 23.3. The molecule has 0 amide bonds. The van der Waals surface area contributed by atoms with Crippen LogP contribution in [0.5, 0.6) is 0 Å². The van der Waals surface area contributed by atoms with Crippen LogP contribution in [0.15, 0.2) is 91.0 Å². The summed E-state index contributed by atoms with van der Waals surface area (Å²) in [4.78, 5) is 23.7. The Labute approximate surface area is 240 Å². The van der Waals surface area contributed by atoms with E-state index in [2.05, 4.69) is 0 Å². The number of esters is 2. The quantitative estimate of drug-likeness (QED) is 0.267. The number of hydrogen-bond donors (Lipinski definition) is 0. The first kappa shape index (κ1) is 30.4. The van der Waals surface area contributed by atoms with Gasteiger partial charge >= 0.3 is 11.9 Å². The van der Waals surface area contributed by atoms with E-state index < -0.39 is 42.6 Å². The highest BCUT2D eigenvalue weighted by molar-refractivity contribution is 5.70. The van der Waals surface area contributed by atoms with Gasteiger partial charge in [-0.2, -0.15) is 0 Å². The summed E-state index contributed by atoms with van der Waals surface area (Å²) < 4.78 is 41.6. The van der Waals surface area contributed by atoms with E-state index in [4.69, 9.17) is 33.2 Å². The van der Waals surface area contributed by atoms with Gasteiger partial charge in [0.05, 0.1) is 26.9 Å². The van der Waals surface area contributed by atoms with E-state index in [-0.39, 0.29) is 33.0 Å². The second-order valence-electron chi connectivity index (χ2n) is 9.52. The van der Waals surface area contributed by atoms with E-state index in [1.54, 1.807) is 0 Å². The minimum Gasteiger partial charge on any atom is -0.467 e. The highest BCUT2D eigenvalue weighted by Gasteiger charge is 2.49. The van der Waals surface area contributed by atoms with Crippen molar-refractivity contribution in [2.24, 2.45) is 0 Å². The van der Waals surface area contributed by atoms with Gasteiger partial charge in [0.2, 0.25) is 0 Å². The molecule has 3 aromatic carbocycles. The van der Waals surface area contributed by atoms with Crippen LogP contribution in [0.2, 0.25) is 0 Å². The molecular weight excluding hydrogens is 528 g/mol. The standard InChI is InChI=1S/C32H36O9/c1-23(33)36-21-27-29(37-18-24-12-6-3-7-13-24)30(38-19-25-14-8-4-9-15-25)31(32(41-27)40-22-28(34)35-2)39-20-26-16-10-5-11-17-26/h3-17,27,29-32H,18-22H2,1-2H3/t27?,29-,30+,31?,32-/m1/s1. The fourth-order valence-corrected chi connectivity index (χ4v) is 4.42. The molecule has 0 spiro atoms. The van der Waals surface area contributed by atoms with Crippen LogP contribution in [0.1, 0.15) is 23.6 Å². The van der Waals surface area contributed by atoms with E-state index in [0.29, 0.717) is 0 Å². The van der Waals surface area contributed by atoms with E-state index in [1.807, 2.05) is 91.0 Å². The van der Waals surface area contributed by atoms with E-state index >= 15 is 0 Å². The van der Waals surface area contributed by atoms with Crippen LogP contribution < -0.4 is 0 Å². The van der Waals surface area contributed by atoms with Gasteiger partial charge in [0.25, 0.3) is 0 Å². The van der Waals surface area contributed by atoms with Crippen LogP contribution in [0.25, 0.3) is 0 Å². The van der Waals surface area contributed by atoms with E-state index in [9.17, 15) is 9.59 Å². The lowest BCUT2D eigenvalue weighted by atomic mass is 9.97. The molecule has 0 bridgehead atoms. The maximum Gasteiger partial charge on any atom is 0.331 e. The Bertz CT molecular complexity index is 1190. The molecule has 5 atom stereocenters. The molecule has 4 rings (SSSR count). The average Bonchev–Trinajstić information content (AvgIpc) is 3.01. The molecule has 1 fully saturated rings. The van der Waals surface area contributed by atoms with Crippen LogP contribution in [-0.2, 0) is 62.6 Å². The third kappa shape index (κ3) is 9.48. The number of rotatable bonds is 14. The molecule has 1 saturated heterocycles. The zero-order chi connectivity index (χ0) is 28.9. The summed E-state index contributed by atoms with van der Waals surface area (Å²) in [5.74, 6) is -1.04. The maximum atomic E-state index is 12.0. The largest absolute Gasteiger partial charge is 0.467 e. The van der Waals surface area contributed by atoms with Crippen molar-refractivity contribution in [3.63, 3.8) is 0 Å². The van der Waals surface area contributed by atoms with Crippen LogP contribution in [0.4, 0.5) is 0 Å². The van der Waals surface area contributed by atoms with Crippen molar-refractivity contribution in [2.75, 3.05) is 20.3 Å². The van der Waals surface area contributed by atoms with Crippen molar-refractivity contribution < 1.29 is 42.7 Å². The van der Waals surface area contributed by atoms with Crippen LogP contribution in [0, 0.1) is 0 Å². The first-order chi connectivity index (χ1) is 20.0. The van der Waals surface area contributed by atoms with Gasteiger partial charge in [-0.1, -0.05) is 91.0 Å². The lowest BCUT2D eigenvalue weighted by Gasteiger charge is -2.45. The van der Waals surface area contributed by atoms with Gasteiger partial charge in [0, 0.05) is 6.92 Å². The molecule has 218 valence electrons. The number of benzene rings is 3. The Morgan fingerprint density at radius 3 is 1.59 bits per heavy atom. The third-order valence-corrected chi connectivity index (χ3v) is 6.49. The Morgan fingerprint density at radius 2 is 1.12 bits per heavy atom.